The Morgan fingerprint density at radius 3 is 2.80 bits per heavy atom. The molecule has 2 aromatic heterocycles. The number of nitrogens with one attached hydrogen (secondary N) is 2. The summed E-state index contributed by atoms with van der Waals surface area (Å²) in [6.45, 7) is 2.94. The lowest BCUT2D eigenvalue weighted by molar-refractivity contribution is 0.100. The minimum absolute atomic E-state index is 0.340. The maximum absolute atomic E-state index is 12.1. The molecule has 0 saturated carbocycles. The molecule has 1 aliphatic rings. The molecule has 0 saturated heterocycles. The largest absolute Gasteiger partial charge is 0.476 e. The molecule has 1 amide bonds. The number of primary amides is 1. The molecule has 9 heteroatoms. The molecule has 0 aliphatic carbocycles. The molecule has 0 fully saturated rings. The summed E-state index contributed by atoms with van der Waals surface area (Å²) >= 11 is 0. The second kappa shape index (κ2) is 10.1. The third kappa shape index (κ3) is 4.68. The Morgan fingerprint density at radius 1 is 1.14 bits per heavy atom. The fraction of sp³-hybridized carbons (Fsp3) is 0.269. The number of methoxy groups -OCH3 is 1. The molecule has 4 aromatic rings. The predicted octanol–water partition coefficient (Wildman–Crippen LogP) is 2.80. The molecule has 0 atom stereocenters. The van der Waals surface area contributed by atoms with Crippen LogP contribution in [0.1, 0.15) is 27.2 Å². The SMILES string of the molecule is COCCOc1cc2c(C(N)=O)cccc2n1-c1nc2c(c(NCc3ccccc3)n1)CNCC2. The van der Waals surface area contributed by atoms with Crippen LogP contribution in [0.3, 0.4) is 0 Å². The number of rotatable bonds is 9. The number of anilines is 1. The monoisotopic (exact) mass is 472 g/mol. The van der Waals surface area contributed by atoms with Gasteiger partial charge in [-0.1, -0.05) is 36.4 Å². The van der Waals surface area contributed by atoms with Crippen LogP contribution in [0.25, 0.3) is 16.9 Å². The Kier molecular flexibility index (Phi) is 6.60. The van der Waals surface area contributed by atoms with Gasteiger partial charge in [0.15, 0.2) is 0 Å². The number of carbonyl (C=O) groups excluding carboxylic acids is 1. The lowest BCUT2D eigenvalue weighted by Gasteiger charge is -2.21. The van der Waals surface area contributed by atoms with E-state index in [2.05, 4.69) is 22.8 Å². The number of hydrogen-bond acceptors (Lipinski definition) is 7. The third-order valence-corrected chi connectivity index (χ3v) is 6.04. The summed E-state index contributed by atoms with van der Waals surface area (Å²) in [4.78, 5) is 22.0. The second-order valence-corrected chi connectivity index (χ2v) is 8.33. The second-order valence-electron chi connectivity index (χ2n) is 8.33. The summed E-state index contributed by atoms with van der Waals surface area (Å²) in [5.74, 6) is 1.27. The van der Waals surface area contributed by atoms with E-state index in [0.29, 0.717) is 49.1 Å². The van der Waals surface area contributed by atoms with Crippen molar-refractivity contribution in [1.82, 2.24) is 19.9 Å². The molecule has 0 spiro atoms. The van der Waals surface area contributed by atoms with Gasteiger partial charge in [0.1, 0.15) is 12.4 Å². The van der Waals surface area contributed by atoms with Gasteiger partial charge >= 0.3 is 0 Å². The van der Waals surface area contributed by atoms with Crippen LogP contribution in [0.4, 0.5) is 5.82 Å². The molecule has 4 N–H and O–H groups in total. The van der Waals surface area contributed by atoms with Gasteiger partial charge in [-0.3, -0.25) is 4.79 Å². The Morgan fingerprint density at radius 2 is 2.00 bits per heavy atom. The standard InChI is InChI=1S/C26H28N6O3/c1-34-12-13-35-23-14-19-18(24(27)33)8-5-9-22(19)32(23)26-30-21-10-11-28-16-20(21)25(31-26)29-15-17-6-3-2-4-7-17/h2-9,14,28H,10-13,15-16H2,1H3,(H2,27,33)(H,29,30,31). The first kappa shape index (κ1) is 22.8. The van der Waals surface area contributed by atoms with Crippen LogP contribution in [0.2, 0.25) is 0 Å². The van der Waals surface area contributed by atoms with Crippen LogP contribution in [0.15, 0.2) is 54.6 Å². The summed E-state index contributed by atoms with van der Waals surface area (Å²) in [6, 6.07) is 17.4. The topological polar surface area (TPSA) is 116 Å². The van der Waals surface area contributed by atoms with Crippen LogP contribution in [-0.4, -0.2) is 47.3 Å². The average Bonchev–Trinajstić information content (AvgIpc) is 3.26. The fourth-order valence-electron chi connectivity index (χ4n) is 4.32. The molecule has 3 heterocycles. The maximum atomic E-state index is 12.1. The summed E-state index contributed by atoms with van der Waals surface area (Å²) in [5.41, 5.74) is 10.0. The van der Waals surface area contributed by atoms with Crippen LogP contribution < -0.4 is 21.1 Å². The number of ether oxygens (including phenoxy) is 2. The van der Waals surface area contributed by atoms with Gasteiger partial charge in [-0.05, 0) is 17.7 Å². The van der Waals surface area contributed by atoms with E-state index in [-0.39, 0.29) is 0 Å². The zero-order chi connectivity index (χ0) is 24.2. The Hall–Kier alpha value is -3.95. The molecule has 35 heavy (non-hydrogen) atoms. The summed E-state index contributed by atoms with van der Waals surface area (Å²) in [7, 11) is 1.62. The highest BCUT2D eigenvalue weighted by atomic mass is 16.5. The quantitative estimate of drug-likeness (QED) is 0.321. The first-order valence-corrected chi connectivity index (χ1v) is 11.6. The van der Waals surface area contributed by atoms with Gasteiger partial charge in [-0.15, -0.1) is 0 Å². The number of hydrogen-bond donors (Lipinski definition) is 3. The number of amides is 1. The van der Waals surface area contributed by atoms with Crippen LogP contribution >= 0.6 is 0 Å². The van der Waals surface area contributed by atoms with Crippen LogP contribution in [0, 0.1) is 0 Å². The average molecular weight is 473 g/mol. The molecule has 0 bridgehead atoms. The van der Waals surface area contributed by atoms with Crippen molar-refractivity contribution in [3.8, 4) is 11.8 Å². The Balaban J connectivity index is 1.63. The van der Waals surface area contributed by atoms with E-state index in [9.17, 15) is 4.79 Å². The van der Waals surface area contributed by atoms with Crippen molar-refractivity contribution in [2.24, 2.45) is 5.73 Å². The van der Waals surface area contributed by atoms with Gasteiger partial charge in [0, 0.05) is 55.7 Å². The van der Waals surface area contributed by atoms with Gasteiger partial charge in [0.2, 0.25) is 17.7 Å². The smallest absolute Gasteiger partial charge is 0.249 e. The predicted molar refractivity (Wildman–Crippen MR) is 134 cm³/mol. The number of benzene rings is 2. The van der Waals surface area contributed by atoms with E-state index in [1.54, 1.807) is 19.2 Å². The number of fused-ring (bicyclic) bond motifs is 2. The normalized spacial score (nSPS) is 12.9. The third-order valence-electron chi connectivity index (χ3n) is 6.04. The van der Waals surface area contributed by atoms with Crippen molar-refractivity contribution in [3.63, 3.8) is 0 Å². The lowest BCUT2D eigenvalue weighted by atomic mass is 10.1. The molecule has 180 valence electrons. The molecule has 9 nitrogen and oxygen atoms in total. The van der Waals surface area contributed by atoms with Crippen LogP contribution in [0.5, 0.6) is 5.88 Å². The molecular formula is C26H28N6O3. The molecule has 5 rings (SSSR count). The van der Waals surface area contributed by atoms with Crippen molar-refractivity contribution in [2.45, 2.75) is 19.5 Å². The lowest BCUT2D eigenvalue weighted by Crippen LogP contribution is -2.27. The van der Waals surface area contributed by atoms with E-state index in [1.807, 2.05) is 34.9 Å². The first-order chi connectivity index (χ1) is 17.2. The van der Waals surface area contributed by atoms with Crippen molar-refractivity contribution in [2.75, 3.05) is 32.2 Å². The first-order valence-electron chi connectivity index (χ1n) is 11.6. The highest BCUT2D eigenvalue weighted by molar-refractivity contribution is 6.06. The van der Waals surface area contributed by atoms with Gasteiger partial charge in [-0.2, -0.15) is 4.98 Å². The highest BCUT2D eigenvalue weighted by Gasteiger charge is 2.22. The zero-order valence-corrected chi connectivity index (χ0v) is 19.6. The summed E-state index contributed by atoms with van der Waals surface area (Å²) in [6.07, 6.45) is 0.788. The maximum Gasteiger partial charge on any atom is 0.249 e. The van der Waals surface area contributed by atoms with E-state index >= 15 is 0 Å². The highest BCUT2D eigenvalue weighted by Crippen LogP contribution is 2.32. The van der Waals surface area contributed by atoms with Crippen LogP contribution in [-0.2, 0) is 24.2 Å². The molecule has 2 aromatic carbocycles. The van der Waals surface area contributed by atoms with Gasteiger partial charge in [0.25, 0.3) is 0 Å². The van der Waals surface area contributed by atoms with Gasteiger partial charge in [-0.25, -0.2) is 9.55 Å². The zero-order valence-electron chi connectivity index (χ0n) is 19.6. The number of carbonyl (C=O) groups is 1. The molecule has 0 radical (unpaired) electrons. The van der Waals surface area contributed by atoms with E-state index < -0.39 is 5.91 Å². The molecular weight excluding hydrogens is 444 g/mol. The van der Waals surface area contributed by atoms with E-state index in [4.69, 9.17) is 25.2 Å². The summed E-state index contributed by atoms with van der Waals surface area (Å²) < 4.78 is 13.0. The fourth-order valence-corrected chi connectivity index (χ4v) is 4.32. The van der Waals surface area contributed by atoms with Crippen molar-refractivity contribution in [1.29, 1.82) is 0 Å². The van der Waals surface area contributed by atoms with Gasteiger partial charge < -0.3 is 25.8 Å². The Labute approximate surface area is 203 Å². The number of nitrogens with zero attached hydrogens (tertiary/aromatic N) is 3. The summed E-state index contributed by atoms with van der Waals surface area (Å²) in [5, 5.41) is 7.60. The Bertz CT molecular complexity index is 1350. The number of aromatic nitrogens is 3. The van der Waals surface area contributed by atoms with E-state index in [0.717, 1.165) is 41.1 Å². The van der Waals surface area contributed by atoms with E-state index in [1.165, 1.54) is 0 Å². The molecule has 1 aliphatic heterocycles. The number of nitrogens with two attached hydrogens (primary N) is 1. The van der Waals surface area contributed by atoms with Gasteiger partial charge in [0.05, 0.1) is 17.8 Å². The van der Waals surface area contributed by atoms with Crippen molar-refractivity contribution >= 4 is 22.6 Å². The van der Waals surface area contributed by atoms with Crippen molar-refractivity contribution < 1.29 is 14.3 Å². The minimum atomic E-state index is -0.501. The minimum Gasteiger partial charge on any atom is -0.476 e. The van der Waals surface area contributed by atoms with Crippen molar-refractivity contribution in [3.05, 3.63) is 77.0 Å². The molecule has 0 unspecified atom stereocenters.